The van der Waals surface area contributed by atoms with E-state index in [0.29, 0.717) is 58.9 Å². The second kappa shape index (κ2) is 18.3. The average molecular weight is 452 g/mol. The summed E-state index contributed by atoms with van der Waals surface area (Å²) >= 11 is 0. The van der Waals surface area contributed by atoms with Crippen molar-refractivity contribution >= 4 is 11.9 Å². The lowest BCUT2D eigenvalue weighted by molar-refractivity contribution is -0.176. The Hall–Kier alpha value is -1.34. The maximum atomic E-state index is 12.5. The van der Waals surface area contributed by atoms with Gasteiger partial charge in [-0.25, -0.2) is 0 Å². The van der Waals surface area contributed by atoms with Crippen molar-refractivity contribution in [2.24, 2.45) is 11.8 Å². The summed E-state index contributed by atoms with van der Waals surface area (Å²) in [5.74, 6) is -1.92. The Kier molecular flexibility index (Phi) is 16.3. The Morgan fingerprint density at radius 3 is 1.45 bits per heavy atom. The first-order valence-electron chi connectivity index (χ1n) is 10.3. The Morgan fingerprint density at radius 2 is 1.03 bits per heavy atom. The van der Waals surface area contributed by atoms with Gasteiger partial charge in [0.05, 0.1) is 57.6 Å². The number of carbonyl (C=O) groups excluding carboxylic acids is 2. The molecule has 2 unspecified atom stereocenters. The molecular weight excluding hydrogens is 416 g/mol. The van der Waals surface area contributed by atoms with Crippen LogP contribution in [0.3, 0.4) is 0 Å². The van der Waals surface area contributed by atoms with Crippen LogP contribution in [-0.4, -0.2) is 99.4 Å². The molecule has 11 heteroatoms. The van der Waals surface area contributed by atoms with Gasteiger partial charge >= 0.3 is 11.9 Å². The van der Waals surface area contributed by atoms with E-state index in [2.05, 4.69) is 0 Å². The molecule has 1 aliphatic rings. The summed E-state index contributed by atoms with van der Waals surface area (Å²) in [7, 11) is 4.69. The topological polar surface area (TPSA) is 117 Å². The summed E-state index contributed by atoms with van der Waals surface area (Å²) < 4.78 is 46.4. The smallest absolute Gasteiger partial charge is 0.311 e. The number of carbonyl (C=O) groups is 2. The molecule has 2 atom stereocenters. The maximum Gasteiger partial charge on any atom is 0.311 e. The van der Waals surface area contributed by atoms with Gasteiger partial charge in [0, 0.05) is 21.3 Å². The van der Waals surface area contributed by atoms with E-state index >= 15 is 0 Å². The normalized spacial score (nSPS) is 21.1. The van der Waals surface area contributed by atoms with Crippen LogP contribution >= 0.6 is 0 Å². The Morgan fingerprint density at radius 1 is 0.613 bits per heavy atom. The van der Waals surface area contributed by atoms with E-state index in [-0.39, 0.29) is 26.5 Å². The maximum absolute atomic E-state index is 12.5. The molecule has 0 spiro atoms. The number of rotatable bonds is 18. The second-order valence-electron chi connectivity index (χ2n) is 6.87. The predicted molar refractivity (Wildman–Crippen MR) is 106 cm³/mol. The van der Waals surface area contributed by atoms with Crippen LogP contribution in [0.1, 0.15) is 19.3 Å². The van der Waals surface area contributed by atoms with Gasteiger partial charge in [-0.1, -0.05) is 0 Å². The van der Waals surface area contributed by atoms with E-state index in [9.17, 15) is 9.59 Å². The molecule has 0 bridgehead atoms. The van der Waals surface area contributed by atoms with Crippen molar-refractivity contribution in [2.75, 3.05) is 81.3 Å². The molecule has 182 valence electrons. The molecular formula is C20H36O11. The van der Waals surface area contributed by atoms with Crippen LogP contribution in [0, 0.1) is 11.8 Å². The third-order valence-electron chi connectivity index (χ3n) is 4.58. The zero-order valence-corrected chi connectivity index (χ0v) is 18.7. The van der Waals surface area contributed by atoms with Crippen LogP contribution in [0.25, 0.3) is 0 Å². The van der Waals surface area contributed by atoms with Gasteiger partial charge in [-0.3, -0.25) is 9.59 Å². The summed E-state index contributed by atoms with van der Waals surface area (Å²) in [5, 5.41) is 0. The van der Waals surface area contributed by atoms with Crippen LogP contribution < -0.4 is 0 Å². The first-order chi connectivity index (χ1) is 15.1. The number of esters is 2. The number of ether oxygens (including phenoxy) is 9. The van der Waals surface area contributed by atoms with Crippen molar-refractivity contribution in [3.8, 4) is 0 Å². The first-order valence-corrected chi connectivity index (χ1v) is 10.3. The van der Waals surface area contributed by atoms with Crippen LogP contribution in [0.15, 0.2) is 0 Å². The van der Waals surface area contributed by atoms with Gasteiger partial charge in [-0.15, -0.1) is 0 Å². The molecule has 1 fully saturated rings. The van der Waals surface area contributed by atoms with Crippen LogP contribution in [-0.2, 0) is 52.2 Å². The molecule has 0 aliphatic heterocycles. The molecule has 0 aromatic carbocycles. The molecule has 1 aliphatic carbocycles. The summed E-state index contributed by atoms with van der Waals surface area (Å²) in [6, 6.07) is 0. The highest BCUT2D eigenvalue weighted by molar-refractivity contribution is 5.76. The SMILES string of the molecule is COCCOCOC(=O)C1CC(OCOCCOC)CC(C(=O)OCOCCOC)C1. The third kappa shape index (κ3) is 13.0. The number of hydrogen-bond acceptors (Lipinski definition) is 11. The van der Waals surface area contributed by atoms with E-state index < -0.39 is 23.8 Å². The summed E-state index contributed by atoms with van der Waals surface area (Å²) in [4.78, 5) is 24.9. The molecule has 0 heterocycles. The van der Waals surface area contributed by atoms with Crippen molar-refractivity contribution < 1.29 is 52.2 Å². The highest BCUT2D eigenvalue weighted by atomic mass is 16.7. The quantitative estimate of drug-likeness (QED) is 0.166. The standard InChI is InChI=1S/C20H36O11/c1-23-4-7-26-13-29-18-11-16(19(21)30-14-27-8-5-24-2)10-17(12-18)20(22)31-15-28-9-6-25-3/h16-18H,4-15H2,1-3H3. The van der Waals surface area contributed by atoms with Gasteiger partial charge in [0.25, 0.3) is 0 Å². The van der Waals surface area contributed by atoms with Crippen molar-refractivity contribution in [1.82, 2.24) is 0 Å². The van der Waals surface area contributed by atoms with E-state index in [1.807, 2.05) is 0 Å². The lowest BCUT2D eigenvalue weighted by Crippen LogP contribution is -2.38. The van der Waals surface area contributed by atoms with Crippen LogP contribution in [0.4, 0.5) is 0 Å². The Bertz CT molecular complexity index is 440. The summed E-state index contributed by atoms with van der Waals surface area (Å²) in [6.45, 7) is 1.97. The van der Waals surface area contributed by atoms with Crippen molar-refractivity contribution in [3.05, 3.63) is 0 Å². The molecule has 0 aromatic heterocycles. The molecule has 0 radical (unpaired) electrons. The van der Waals surface area contributed by atoms with Crippen molar-refractivity contribution in [2.45, 2.75) is 25.4 Å². The summed E-state index contributed by atoms with van der Waals surface area (Å²) in [6.07, 6.45) is 0.783. The highest BCUT2D eigenvalue weighted by Gasteiger charge is 2.38. The van der Waals surface area contributed by atoms with Gasteiger partial charge < -0.3 is 42.6 Å². The fourth-order valence-electron chi connectivity index (χ4n) is 2.97. The lowest BCUT2D eigenvalue weighted by Gasteiger charge is -2.32. The van der Waals surface area contributed by atoms with E-state index in [1.54, 1.807) is 21.3 Å². The highest BCUT2D eigenvalue weighted by Crippen LogP contribution is 2.33. The largest absolute Gasteiger partial charge is 0.438 e. The minimum atomic E-state index is -0.518. The van der Waals surface area contributed by atoms with Gasteiger partial charge in [-0.05, 0) is 19.3 Å². The molecule has 0 amide bonds. The Labute approximate surface area is 183 Å². The molecule has 31 heavy (non-hydrogen) atoms. The summed E-state index contributed by atoms with van der Waals surface area (Å²) in [5.41, 5.74) is 0. The lowest BCUT2D eigenvalue weighted by atomic mass is 9.79. The first kappa shape index (κ1) is 27.7. The minimum absolute atomic E-state index is 0.0395. The Balaban J connectivity index is 2.52. The fourth-order valence-corrected chi connectivity index (χ4v) is 2.97. The van der Waals surface area contributed by atoms with E-state index in [0.717, 1.165) is 0 Å². The van der Waals surface area contributed by atoms with Gasteiger partial charge in [0.1, 0.15) is 6.79 Å². The van der Waals surface area contributed by atoms with Crippen LogP contribution in [0.5, 0.6) is 0 Å². The van der Waals surface area contributed by atoms with Crippen molar-refractivity contribution in [3.63, 3.8) is 0 Å². The zero-order chi connectivity index (χ0) is 22.7. The minimum Gasteiger partial charge on any atom is -0.438 e. The number of methoxy groups -OCH3 is 3. The van der Waals surface area contributed by atoms with Crippen molar-refractivity contribution in [1.29, 1.82) is 0 Å². The molecule has 1 rings (SSSR count). The van der Waals surface area contributed by atoms with Gasteiger partial charge in [0.15, 0.2) is 13.6 Å². The molecule has 0 saturated heterocycles. The fraction of sp³-hybridized carbons (Fsp3) is 0.900. The third-order valence-corrected chi connectivity index (χ3v) is 4.58. The molecule has 11 nitrogen and oxygen atoms in total. The van der Waals surface area contributed by atoms with Gasteiger partial charge in [-0.2, -0.15) is 0 Å². The molecule has 1 saturated carbocycles. The van der Waals surface area contributed by atoms with Crippen LogP contribution in [0.2, 0.25) is 0 Å². The average Bonchev–Trinajstić information content (AvgIpc) is 2.78. The number of hydrogen-bond donors (Lipinski definition) is 0. The predicted octanol–water partition coefficient (Wildman–Crippen LogP) is 0.736. The van der Waals surface area contributed by atoms with Gasteiger partial charge in [0.2, 0.25) is 0 Å². The van der Waals surface area contributed by atoms with E-state index in [4.69, 9.17) is 42.6 Å². The molecule has 0 N–H and O–H groups in total. The monoisotopic (exact) mass is 452 g/mol. The second-order valence-corrected chi connectivity index (χ2v) is 6.87. The zero-order valence-electron chi connectivity index (χ0n) is 18.7. The molecule has 0 aromatic rings. The van der Waals surface area contributed by atoms with E-state index in [1.165, 1.54) is 0 Å².